The van der Waals surface area contributed by atoms with E-state index in [4.69, 9.17) is 10.9 Å². The number of sulfonamides is 1. The Kier molecular flexibility index (Phi) is 3.30. The number of aromatic nitrogens is 2. The van der Waals surface area contributed by atoms with Crippen LogP contribution in [0.1, 0.15) is 0 Å². The van der Waals surface area contributed by atoms with E-state index in [2.05, 4.69) is 9.97 Å². The van der Waals surface area contributed by atoms with E-state index in [1.165, 1.54) is 17.2 Å². The molecule has 0 amide bonds. The molecule has 0 fully saturated rings. The summed E-state index contributed by atoms with van der Waals surface area (Å²) in [5, 5.41) is 15.0. The SMILES string of the molecule is CN(c1ncc(N)c(O)n1)c1ccc(S(N)(=O)=O)s1. The lowest BCUT2D eigenvalue weighted by molar-refractivity contribution is 0.455. The number of nitrogens with zero attached hydrogens (tertiary/aromatic N) is 3. The van der Waals surface area contributed by atoms with Crippen molar-refractivity contribution in [3.05, 3.63) is 18.3 Å². The highest BCUT2D eigenvalue weighted by atomic mass is 32.2. The summed E-state index contributed by atoms with van der Waals surface area (Å²) >= 11 is 0.973. The molecule has 0 spiro atoms. The Morgan fingerprint density at radius 2 is 2.11 bits per heavy atom. The summed E-state index contributed by atoms with van der Waals surface area (Å²) < 4.78 is 22.4. The number of aromatic hydroxyl groups is 1. The van der Waals surface area contributed by atoms with Crippen LogP contribution in [-0.2, 0) is 10.0 Å². The summed E-state index contributed by atoms with van der Waals surface area (Å²) in [5.41, 5.74) is 5.47. The van der Waals surface area contributed by atoms with Crippen molar-refractivity contribution in [3.63, 3.8) is 0 Å². The third kappa shape index (κ3) is 2.75. The summed E-state index contributed by atoms with van der Waals surface area (Å²) in [7, 11) is -2.10. The maximum Gasteiger partial charge on any atom is 0.247 e. The third-order valence-corrected chi connectivity index (χ3v) is 4.86. The number of rotatable bonds is 3. The van der Waals surface area contributed by atoms with Crippen molar-refractivity contribution in [1.82, 2.24) is 9.97 Å². The van der Waals surface area contributed by atoms with Crippen molar-refractivity contribution in [2.75, 3.05) is 17.7 Å². The first kappa shape index (κ1) is 13.5. The molecule has 2 rings (SSSR count). The molecule has 0 aromatic carbocycles. The second-order valence-corrected chi connectivity index (χ2v) is 6.50. The van der Waals surface area contributed by atoms with Gasteiger partial charge in [0.1, 0.15) is 9.90 Å². The molecule has 0 aliphatic rings. The fraction of sp³-hybridized carbons (Fsp3) is 0.111. The minimum Gasteiger partial charge on any atom is -0.492 e. The van der Waals surface area contributed by atoms with Crippen LogP contribution in [0.4, 0.5) is 16.6 Å². The van der Waals surface area contributed by atoms with Gasteiger partial charge in [0.15, 0.2) is 0 Å². The van der Waals surface area contributed by atoms with Crippen LogP contribution < -0.4 is 15.8 Å². The van der Waals surface area contributed by atoms with Crippen molar-refractivity contribution >= 4 is 38.0 Å². The summed E-state index contributed by atoms with van der Waals surface area (Å²) in [6, 6.07) is 2.96. The standard InChI is InChI=1S/C9H11N5O3S2/c1-14(9-12-4-5(10)8(15)13-9)6-2-3-7(18-6)19(11,16)17/h2-4H,10H2,1H3,(H2,11,16,17)(H,12,13,15). The van der Waals surface area contributed by atoms with Crippen LogP contribution in [0.3, 0.4) is 0 Å². The van der Waals surface area contributed by atoms with Crippen molar-refractivity contribution in [2.24, 2.45) is 5.14 Å². The zero-order chi connectivity index (χ0) is 14.2. The Hall–Kier alpha value is -1.91. The maximum atomic E-state index is 11.2. The van der Waals surface area contributed by atoms with E-state index in [0.717, 1.165) is 11.3 Å². The number of nitrogen functional groups attached to an aromatic ring is 1. The largest absolute Gasteiger partial charge is 0.492 e. The number of anilines is 3. The van der Waals surface area contributed by atoms with Crippen LogP contribution in [0.15, 0.2) is 22.5 Å². The normalized spacial score (nSPS) is 11.5. The molecule has 0 saturated carbocycles. The molecule has 5 N–H and O–H groups in total. The Labute approximate surface area is 113 Å². The van der Waals surface area contributed by atoms with E-state index in [-0.39, 0.29) is 21.7 Å². The van der Waals surface area contributed by atoms with E-state index < -0.39 is 10.0 Å². The lowest BCUT2D eigenvalue weighted by Gasteiger charge is -2.14. The molecular weight excluding hydrogens is 290 g/mol. The van der Waals surface area contributed by atoms with Gasteiger partial charge in [-0.3, -0.25) is 0 Å². The van der Waals surface area contributed by atoms with Gasteiger partial charge < -0.3 is 15.7 Å². The first-order valence-electron chi connectivity index (χ1n) is 4.97. The Morgan fingerprint density at radius 1 is 1.42 bits per heavy atom. The number of hydrogen-bond donors (Lipinski definition) is 3. The van der Waals surface area contributed by atoms with Crippen molar-refractivity contribution < 1.29 is 13.5 Å². The minimum atomic E-state index is -3.73. The smallest absolute Gasteiger partial charge is 0.247 e. The molecule has 19 heavy (non-hydrogen) atoms. The summed E-state index contributed by atoms with van der Waals surface area (Å²) in [5.74, 6) is -0.144. The third-order valence-electron chi connectivity index (χ3n) is 2.26. The van der Waals surface area contributed by atoms with Gasteiger partial charge in [0.05, 0.1) is 11.2 Å². The number of primary sulfonamides is 1. The van der Waals surface area contributed by atoms with Gasteiger partial charge in [-0.2, -0.15) is 4.98 Å². The highest BCUT2D eigenvalue weighted by Gasteiger charge is 2.16. The Balaban J connectivity index is 2.36. The van der Waals surface area contributed by atoms with Gasteiger partial charge >= 0.3 is 0 Å². The summed E-state index contributed by atoms with van der Waals surface area (Å²) in [6.07, 6.45) is 1.27. The fourth-order valence-electron chi connectivity index (χ4n) is 1.28. The van der Waals surface area contributed by atoms with Crippen LogP contribution in [0.25, 0.3) is 0 Å². The molecule has 102 valence electrons. The van der Waals surface area contributed by atoms with Gasteiger partial charge in [0.2, 0.25) is 21.9 Å². The molecule has 0 saturated heterocycles. The van der Waals surface area contributed by atoms with E-state index in [9.17, 15) is 13.5 Å². The van der Waals surface area contributed by atoms with Crippen molar-refractivity contribution in [3.8, 4) is 5.88 Å². The first-order chi connectivity index (χ1) is 8.79. The van der Waals surface area contributed by atoms with Crippen molar-refractivity contribution in [1.29, 1.82) is 0 Å². The first-order valence-corrected chi connectivity index (χ1v) is 7.33. The second-order valence-electron chi connectivity index (χ2n) is 3.65. The van der Waals surface area contributed by atoms with Crippen molar-refractivity contribution in [2.45, 2.75) is 4.21 Å². The van der Waals surface area contributed by atoms with E-state index in [1.807, 2.05) is 0 Å². The molecule has 0 aliphatic heterocycles. The predicted octanol–water partition coefficient (Wildman–Crippen LogP) is 0.241. The highest BCUT2D eigenvalue weighted by molar-refractivity contribution is 7.91. The monoisotopic (exact) mass is 301 g/mol. The zero-order valence-electron chi connectivity index (χ0n) is 9.81. The van der Waals surface area contributed by atoms with Crippen LogP contribution in [-0.4, -0.2) is 30.5 Å². The minimum absolute atomic E-state index is 0.0361. The molecular formula is C9H11N5O3S2. The van der Waals surface area contributed by atoms with Crippen LogP contribution in [0.2, 0.25) is 0 Å². The Morgan fingerprint density at radius 3 is 2.63 bits per heavy atom. The molecule has 8 nitrogen and oxygen atoms in total. The topological polar surface area (TPSA) is 135 Å². The van der Waals surface area contributed by atoms with Gasteiger partial charge in [0.25, 0.3) is 0 Å². The predicted molar refractivity (Wildman–Crippen MR) is 71.9 cm³/mol. The lowest BCUT2D eigenvalue weighted by Crippen LogP contribution is -2.12. The average Bonchev–Trinajstić information content (AvgIpc) is 2.81. The van der Waals surface area contributed by atoms with E-state index >= 15 is 0 Å². The molecule has 2 aromatic heterocycles. The van der Waals surface area contributed by atoms with Crippen LogP contribution in [0, 0.1) is 0 Å². The fourth-order valence-corrected chi connectivity index (χ4v) is 2.95. The molecule has 2 aromatic rings. The maximum absolute atomic E-state index is 11.2. The van der Waals surface area contributed by atoms with Gasteiger partial charge in [-0.05, 0) is 12.1 Å². The molecule has 10 heteroatoms. The van der Waals surface area contributed by atoms with Gasteiger partial charge in [0, 0.05) is 7.05 Å². The van der Waals surface area contributed by atoms with Gasteiger partial charge in [-0.25, -0.2) is 18.5 Å². The lowest BCUT2D eigenvalue weighted by atomic mass is 10.5. The molecule has 0 unspecified atom stereocenters. The second kappa shape index (κ2) is 4.64. The van der Waals surface area contributed by atoms with Gasteiger partial charge in [-0.15, -0.1) is 11.3 Å². The van der Waals surface area contributed by atoms with E-state index in [0.29, 0.717) is 5.00 Å². The average molecular weight is 301 g/mol. The molecule has 2 heterocycles. The van der Waals surface area contributed by atoms with Crippen LogP contribution in [0.5, 0.6) is 5.88 Å². The number of thiophene rings is 1. The molecule has 0 bridgehead atoms. The highest BCUT2D eigenvalue weighted by Crippen LogP contribution is 2.31. The Bertz CT molecular complexity index is 712. The molecule has 0 atom stereocenters. The number of nitrogens with two attached hydrogens (primary N) is 2. The summed E-state index contributed by atoms with van der Waals surface area (Å²) in [6.45, 7) is 0. The molecule has 0 aliphatic carbocycles. The molecule has 0 radical (unpaired) electrons. The number of hydrogen-bond acceptors (Lipinski definition) is 8. The zero-order valence-corrected chi connectivity index (χ0v) is 11.4. The van der Waals surface area contributed by atoms with E-state index in [1.54, 1.807) is 13.1 Å². The van der Waals surface area contributed by atoms with Gasteiger partial charge in [-0.1, -0.05) is 0 Å². The van der Waals surface area contributed by atoms with Crippen LogP contribution >= 0.6 is 11.3 Å². The summed E-state index contributed by atoms with van der Waals surface area (Å²) in [4.78, 5) is 9.25. The quantitative estimate of drug-likeness (QED) is 0.738.